The minimum Gasteiger partial charge on any atom is -0.301 e. The first-order valence-corrected chi connectivity index (χ1v) is 12.4. The second-order valence-electron chi connectivity index (χ2n) is 8.13. The van der Waals surface area contributed by atoms with Crippen molar-refractivity contribution < 1.29 is 31.2 Å². The van der Waals surface area contributed by atoms with E-state index in [-0.39, 0.29) is 29.0 Å². The van der Waals surface area contributed by atoms with Gasteiger partial charge in [0.05, 0.1) is 28.6 Å². The third kappa shape index (κ3) is 5.16. The molecule has 0 spiro atoms. The number of alkyl halides is 3. The van der Waals surface area contributed by atoms with Crippen LogP contribution in [0.3, 0.4) is 0 Å². The van der Waals surface area contributed by atoms with Gasteiger partial charge in [0, 0.05) is 37.3 Å². The highest BCUT2D eigenvalue weighted by Gasteiger charge is 2.39. The summed E-state index contributed by atoms with van der Waals surface area (Å²) in [7, 11) is -3.23. The van der Waals surface area contributed by atoms with Crippen LogP contribution in [0, 0.1) is 11.3 Å². The lowest BCUT2D eigenvalue weighted by molar-refractivity contribution is -0.138. The van der Waals surface area contributed by atoms with Gasteiger partial charge in [-0.05, 0) is 51.4 Å². The lowest BCUT2D eigenvalue weighted by Crippen LogP contribution is -2.49. The van der Waals surface area contributed by atoms with Gasteiger partial charge < -0.3 is 4.90 Å². The van der Waals surface area contributed by atoms with E-state index in [1.165, 1.54) is 17.3 Å². The molecule has 2 aliphatic rings. The third-order valence-electron chi connectivity index (χ3n) is 6.12. The van der Waals surface area contributed by atoms with Crippen LogP contribution in [-0.2, 0) is 25.8 Å². The molecule has 1 aromatic rings. The highest BCUT2D eigenvalue weighted by molar-refractivity contribution is 7.89. The lowest BCUT2D eigenvalue weighted by atomic mass is 10.1. The zero-order valence-electron chi connectivity index (χ0n) is 18.9. The van der Waals surface area contributed by atoms with Gasteiger partial charge in [0.2, 0.25) is 10.0 Å². The molecule has 0 aliphatic carbocycles. The molecule has 3 rings (SSSR count). The van der Waals surface area contributed by atoms with E-state index >= 15 is 0 Å². The van der Waals surface area contributed by atoms with Crippen molar-refractivity contribution in [3.05, 3.63) is 40.5 Å². The Kier molecular flexibility index (Phi) is 7.50. The van der Waals surface area contributed by atoms with Crippen LogP contribution in [0.15, 0.2) is 29.3 Å². The first-order chi connectivity index (χ1) is 15.9. The van der Waals surface area contributed by atoms with Gasteiger partial charge >= 0.3 is 6.18 Å². The number of hydrogen-bond acceptors (Lipinski definition) is 6. The normalized spacial score (nSPS) is 18.6. The van der Waals surface area contributed by atoms with Crippen LogP contribution in [0.2, 0.25) is 0 Å². The molecule has 0 unspecified atom stereocenters. The predicted molar refractivity (Wildman–Crippen MR) is 118 cm³/mol. The number of nitriles is 1. The summed E-state index contributed by atoms with van der Waals surface area (Å²) >= 11 is 0. The Hall–Kier alpha value is -2.75. The predicted octanol–water partition coefficient (Wildman–Crippen LogP) is 2.51. The number of carbonyl (C=O) groups excluding carboxylic acids is 2. The van der Waals surface area contributed by atoms with Gasteiger partial charge in [-0.15, -0.1) is 0 Å². The van der Waals surface area contributed by atoms with Gasteiger partial charge in [-0.1, -0.05) is 0 Å². The number of anilines is 1. The molecule has 2 aliphatic heterocycles. The summed E-state index contributed by atoms with van der Waals surface area (Å²) in [6.45, 7) is 5.56. The Labute approximate surface area is 196 Å². The van der Waals surface area contributed by atoms with Crippen LogP contribution in [0.5, 0.6) is 0 Å². The fourth-order valence-corrected chi connectivity index (χ4v) is 5.19. The van der Waals surface area contributed by atoms with Crippen molar-refractivity contribution in [2.45, 2.75) is 32.9 Å². The average Bonchev–Trinajstić information content (AvgIpc) is 3.01. The van der Waals surface area contributed by atoms with Crippen molar-refractivity contribution in [1.82, 2.24) is 9.21 Å². The molecule has 8 nitrogen and oxygen atoms in total. The summed E-state index contributed by atoms with van der Waals surface area (Å²) in [6, 6.07) is 4.23. The number of nitrogens with zero attached hydrogens (tertiary/aromatic N) is 4. The number of piperazine rings is 1. The van der Waals surface area contributed by atoms with Crippen LogP contribution < -0.4 is 4.90 Å². The largest absolute Gasteiger partial charge is 0.417 e. The van der Waals surface area contributed by atoms with Crippen LogP contribution in [0.4, 0.5) is 18.9 Å². The molecular weight excluding hydrogens is 473 g/mol. The summed E-state index contributed by atoms with van der Waals surface area (Å²) in [5.74, 6) is -1.30. The molecule has 12 heteroatoms. The zero-order chi connectivity index (χ0) is 25.3. The van der Waals surface area contributed by atoms with E-state index < -0.39 is 39.1 Å². The molecule has 0 saturated carbocycles. The van der Waals surface area contributed by atoms with Gasteiger partial charge in [0.1, 0.15) is 0 Å². The highest BCUT2D eigenvalue weighted by Crippen LogP contribution is 2.36. The van der Waals surface area contributed by atoms with Gasteiger partial charge in [-0.3, -0.25) is 9.59 Å². The first-order valence-electron chi connectivity index (χ1n) is 10.8. The molecule has 2 amide bonds. The number of rotatable bonds is 7. The topological polar surface area (TPSA) is 102 Å². The van der Waals surface area contributed by atoms with E-state index in [1.807, 2.05) is 0 Å². The fraction of sp³-hybridized carbons (Fsp3) is 0.500. The first kappa shape index (κ1) is 25.9. The van der Waals surface area contributed by atoms with Crippen LogP contribution in [-0.4, -0.2) is 67.9 Å². The van der Waals surface area contributed by atoms with Crippen molar-refractivity contribution >= 4 is 27.5 Å². The molecule has 1 aromatic carbocycles. The number of sulfonamides is 1. The Morgan fingerprint density at radius 1 is 1.09 bits per heavy atom. The molecule has 1 fully saturated rings. The SMILES string of the molecule is CCS(=O)(=O)N1CCN(CCCC2=C(C)C(=O)N(c3ccc(C#N)c(C(F)(F)F)c3)C2=O)CC1. The Bertz CT molecular complexity index is 1160. The summed E-state index contributed by atoms with van der Waals surface area (Å²) in [4.78, 5) is 28.4. The Morgan fingerprint density at radius 3 is 2.29 bits per heavy atom. The third-order valence-corrected chi connectivity index (χ3v) is 8.00. The number of imide groups is 1. The zero-order valence-corrected chi connectivity index (χ0v) is 19.7. The van der Waals surface area contributed by atoms with Gasteiger partial charge in [0.15, 0.2) is 0 Å². The average molecular weight is 499 g/mol. The summed E-state index contributed by atoms with van der Waals surface area (Å²) in [6.07, 6.45) is -4.01. The maximum absolute atomic E-state index is 13.3. The van der Waals surface area contributed by atoms with Crippen molar-refractivity contribution in [3.63, 3.8) is 0 Å². The second-order valence-corrected chi connectivity index (χ2v) is 10.4. The van der Waals surface area contributed by atoms with E-state index in [0.29, 0.717) is 45.2 Å². The minimum atomic E-state index is -4.81. The highest BCUT2D eigenvalue weighted by atomic mass is 32.2. The Morgan fingerprint density at radius 2 is 1.74 bits per heavy atom. The van der Waals surface area contributed by atoms with Crippen molar-refractivity contribution in [3.8, 4) is 6.07 Å². The van der Waals surface area contributed by atoms with Crippen molar-refractivity contribution in [1.29, 1.82) is 5.26 Å². The van der Waals surface area contributed by atoms with E-state index in [1.54, 1.807) is 6.92 Å². The van der Waals surface area contributed by atoms with Crippen molar-refractivity contribution in [2.24, 2.45) is 0 Å². The van der Waals surface area contributed by atoms with Crippen LogP contribution in [0.1, 0.15) is 37.8 Å². The number of halogens is 3. The van der Waals surface area contributed by atoms with E-state index in [0.717, 1.165) is 17.0 Å². The maximum atomic E-state index is 13.3. The van der Waals surface area contributed by atoms with Gasteiger partial charge in [0.25, 0.3) is 11.8 Å². The molecule has 0 N–H and O–H groups in total. The van der Waals surface area contributed by atoms with Gasteiger partial charge in [-0.2, -0.15) is 22.7 Å². The summed E-state index contributed by atoms with van der Waals surface area (Å²) in [5.41, 5.74) is -1.60. The number of carbonyl (C=O) groups is 2. The van der Waals surface area contributed by atoms with Crippen molar-refractivity contribution in [2.75, 3.05) is 43.4 Å². The maximum Gasteiger partial charge on any atom is 0.417 e. The van der Waals surface area contributed by atoms with E-state index in [9.17, 15) is 31.2 Å². The molecule has 0 aromatic heterocycles. The number of benzene rings is 1. The van der Waals surface area contributed by atoms with Crippen LogP contribution in [0.25, 0.3) is 0 Å². The van der Waals surface area contributed by atoms with Gasteiger partial charge in [-0.25, -0.2) is 13.3 Å². The summed E-state index contributed by atoms with van der Waals surface area (Å²) < 4.78 is 65.3. The van der Waals surface area contributed by atoms with E-state index in [4.69, 9.17) is 5.26 Å². The van der Waals surface area contributed by atoms with Crippen LogP contribution >= 0.6 is 0 Å². The number of amides is 2. The molecule has 0 atom stereocenters. The lowest BCUT2D eigenvalue weighted by Gasteiger charge is -2.33. The molecule has 0 bridgehead atoms. The molecule has 2 heterocycles. The molecule has 0 radical (unpaired) electrons. The Balaban J connectivity index is 1.65. The molecular formula is C22H25F3N4O4S. The summed E-state index contributed by atoms with van der Waals surface area (Å²) in [5, 5.41) is 8.96. The quantitative estimate of drug-likeness (QED) is 0.536. The molecule has 184 valence electrons. The second kappa shape index (κ2) is 9.85. The molecule has 1 saturated heterocycles. The number of hydrogen-bond donors (Lipinski definition) is 0. The standard InChI is InChI=1S/C22H25F3N4O4S/c1-3-34(32,33)28-11-9-27(10-12-28)8-4-5-18-15(2)20(30)29(21(18)31)17-7-6-16(14-26)19(13-17)22(23,24)25/h6-7,13H,3-5,8-12H2,1-2H3. The minimum absolute atomic E-state index is 0.0524. The fourth-order valence-electron chi connectivity index (χ4n) is 4.11. The van der Waals surface area contributed by atoms with E-state index in [2.05, 4.69) is 4.90 Å². The molecule has 34 heavy (non-hydrogen) atoms. The monoisotopic (exact) mass is 498 g/mol. The smallest absolute Gasteiger partial charge is 0.301 e.